The van der Waals surface area contributed by atoms with E-state index in [4.69, 9.17) is 0 Å². The molecule has 0 unspecified atom stereocenters. The van der Waals surface area contributed by atoms with Crippen LogP contribution in [0.5, 0.6) is 0 Å². The van der Waals surface area contributed by atoms with Crippen molar-refractivity contribution < 1.29 is 8.78 Å². The lowest BCUT2D eigenvalue weighted by molar-refractivity contribution is 0.141. The van der Waals surface area contributed by atoms with E-state index in [0.717, 1.165) is 36.8 Å². The van der Waals surface area contributed by atoms with E-state index >= 15 is 0 Å². The standard InChI is InChI=1S/C20H21F2N5O/c1-12-6-11-17(28)27(26-12)14-9-7-13(8-10-14)23-19-15-4-2-3-5-16(15)24-20(25-19)18(21)22/h2-6,11,13-14,18H,7-10H2,1H3,(H,23,24,25). The van der Waals surface area contributed by atoms with Gasteiger partial charge in [-0.1, -0.05) is 12.1 Å². The number of halogens is 2. The summed E-state index contributed by atoms with van der Waals surface area (Å²) in [5.74, 6) is -0.0272. The van der Waals surface area contributed by atoms with Gasteiger partial charge in [0.1, 0.15) is 5.82 Å². The second kappa shape index (κ2) is 7.61. The zero-order chi connectivity index (χ0) is 19.7. The summed E-state index contributed by atoms with van der Waals surface area (Å²) < 4.78 is 27.9. The molecule has 6 nitrogen and oxygen atoms in total. The van der Waals surface area contributed by atoms with E-state index in [9.17, 15) is 13.6 Å². The predicted molar refractivity (Wildman–Crippen MR) is 103 cm³/mol. The second-order valence-electron chi connectivity index (χ2n) is 7.16. The topological polar surface area (TPSA) is 72.7 Å². The summed E-state index contributed by atoms with van der Waals surface area (Å²) in [7, 11) is 0. The van der Waals surface area contributed by atoms with Gasteiger partial charge in [-0.05, 0) is 50.8 Å². The molecule has 0 radical (unpaired) electrons. The highest BCUT2D eigenvalue weighted by Gasteiger charge is 2.25. The van der Waals surface area contributed by atoms with Crippen molar-refractivity contribution in [2.24, 2.45) is 0 Å². The van der Waals surface area contributed by atoms with Crippen LogP contribution in [0.2, 0.25) is 0 Å². The zero-order valence-electron chi connectivity index (χ0n) is 15.5. The summed E-state index contributed by atoms with van der Waals surface area (Å²) in [5, 5.41) is 8.41. The molecule has 1 saturated carbocycles. The maximum Gasteiger partial charge on any atom is 0.297 e. The van der Waals surface area contributed by atoms with Crippen molar-refractivity contribution in [3.63, 3.8) is 0 Å². The molecule has 0 atom stereocenters. The smallest absolute Gasteiger partial charge is 0.297 e. The maximum absolute atomic E-state index is 13.2. The number of nitrogens with one attached hydrogen (secondary N) is 1. The normalized spacial score (nSPS) is 19.9. The average molecular weight is 385 g/mol. The third-order valence-electron chi connectivity index (χ3n) is 5.16. The van der Waals surface area contributed by atoms with Gasteiger partial charge in [-0.25, -0.2) is 23.4 Å². The number of aromatic nitrogens is 4. The molecule has 2 aromatic heterocycles. The Balaban J connectivity index is 1.52. The summed E-state index contributed by atoms with van der Waals surface area (Å²) in [6.07, 6.45) is 0.460. The first-order valence-corrected chi connectivity index (χ1v) is 9.39. The fraction of sp³-hybridized carbons (Fsp3) is 0.400. The van der Waals surface area contributed by atoms with Crippen molar-refractivity contribution in [3.8, 4) is 0 Å². The summed E-state index contributed by atoms with van der Waals surface area (Å²) in [4.78, 5) is 20.1. The van der Waals surface area contributed by atoms with Gasteiger partial charge >= 0.3 is 0 Å². The molecule has 0 amide bonds. The fourth-order valence-electron chi connectivity index (χ4n) is 3.74. The monoisotopic (exact) mass is 385 g/mol. The van der Waals surface area contributed by atoms with Crippen LogP contribution >= 0.6 is 0 Å². The van der Waals surface area contributed by atoms with Crippen molar-refractivity contribution in [3.05, 3.63) is 58.3 Å². The molecule has 1 aliphatic rings. The molecule has 1 fully saturated rings. The molecule has 0 aliphatic heterocycles. The van der Waals surface area contributed by atoms with Crippen molar-refractivity contribution in [1.29, 1.82) is 0 Å². The number of hydrogen-bond donors (Lipinski definition) is 1. The highest BCUT2D eigenvalue weighted by molar-refractivity contribution is 5.89. The van der Waals surface area contributed by atoms with Crippen LogP contribution in [0.4, 0.5) is 14.6 Å². The molecule has 146 valence electrons. The Labute approximate surface area is 160 Å². The molecule has 0 bridgehead atoms. The Morgan fingerprint density at radius 1 is 1.07 bits per heavy atom. The highest BCUT2D eigenvalue weighted by Crippen LogP contribution is 2.31. The molecule has 3 aromatic rings. The summed E-state index contributed by atoms with van der Waals surface area (Å²) >= 11 is 0. The Morgan fingerprint density at radius 3 is 2.57 bits per heavy atom. The van der Waals surface area contributed by atoms with E-state index in [1.54, 1.807) is 28.9 Å². The minimum Gasteiger partial charge on any atom is -0.367 e. The van der Waals surface area contributed by atoms with E-state index < -0.39 is 12.2 Å². The van der Waals surface area contributed by atoms with Gasteiger partial charge in [-0.15, -0.1) is 0 Å². The Hall–Kier alpha value is -2.90. The predicted octanol–water partition coefficient (Wildman–Crippen LogP) is 4.03. The van der Waals surface area contributed by atoms with Crippen molar-refractivity contribution in [2.45, 2.75) is 51.1 Å². The SMILES string of the molecule is Cc1ccc(=O)n(C2CCC(Nc3nc(C(F)F)nc4ccccc34)CC2)n1. The number of hydrogen-bond acceptors (Lipinski definition) is 5. The van der Waals surface area contributed by atoms with E-state index in [-0.39, 0.29) is 17.6 Å². The average Bonchev–Trinajstić information content (AvgIpc) is 2.70. The van der Waals surface area contributed by atoms with Crippen LogP contribution < -0.4 is 10.9 Å². The summed E-state index contributed by atoms with van der Waals surface area (Å²) in [5.41, 5.74) is 1.22. The van der Waals surface area contributed by atoms with Gasteiger partial charge in [0, 0.05) is 17.5 Å². The molecular weight excluding hydrogens is 364 g/mol. The molecule has 4 rings (SSSR count). The van der Waals surface area contributed by atoms with E-state index in [1.807, 2.05) is 19.1 Å². The van der Waals surface area contributed by atoms with Gasteiger partial charge in [0.2, 0.25) is 0 Å². The summed E-state index contributed by atoms with van der Waals surface area (Å²) in [6, 6.07) is 10.6. The largest absolute Gasteiger partial charge is 0.367 e. The number of nitrogens with zero attached hydrogens (tertiary/aromatic N) is 4. The zero-order valence-corrected chi connectivity index (χ0v) is 15.5. The van der Waals surface area contributed by atoms with Gasteiger partial charge in [-0.3, -0.25) is 4.79 Å². The van der Waals surface area contributed by atoms with Crippen LogP contribution in [0, 0.1) is 6.92 Å². The lowest BCUT2D eigenvalue weighted by Gasteiger charge is -2.30. The second-order valence-corrected chi connectivity index (χ2v) is 7.16. The quantitative estimate of drug-likeness (QED) is 0.734. The number of alkyl halides is 2. The first-order valence-electron chi connectivity index (χ1n) is 9.39. The van der Waals surface area contributed by atoms with Crippen molar-refractivity contribution >= 4 is 16.7 Å². The van der Waals surface area contributed by atoms with Gasteiger partial charge in [0.05, 0.1) is 17.3 Å². The molecule has 0 saturated heterocycles. The minimum atomic E-state index is -2.72. The number of anilines is 1. The lowest BCUT2D eigenvalue weighted by atomic mass is 9.91. The minimum absolute atomic E-state index is 0.0595. The molecule has 1 aromatic carbocycles. The first-order chi connectivity index (χ1) is 13.5. The molecule has 0 spiro atoms. The Bertz CT molecular complexity index is 1040. The fourth-order valence-corrected chi connectivity index (χ4v) is 3.74. The maximum atomic E-state index is 13.2. The molecular formula is C20H21F2N5O. The summed E-state index contributed by atoms with van der Waals surface area (Å²) in [6.45, 7) is 1.87. The van der Waals surface area contributed by atoms with Crippen LogP contribution in [-0.2, 0) is 0 Å². The van der Waals surface area contributed by atoms with Gasteiger partial charge in [0.25, 0.3) is 12.0 Å². The third kappa shape index (κ3) is 3.72. The van der Waals surface area contributed by atoms with Crippen LogP contribution in [0.1, 0.15) is 49.7 Å². The van der Waals surface area contributed by atoms with Gasteiger partial charge in [-0.2, -0.15) is 5.10 Å². The number of benzene rings is 1. The number of aryl methyl sites for hydroxylation is 1. The number of rotatable bonds is 4. The molecule has 8 heteroatoms. The number of para-hydroxylation sites is 1. The molecule has 1 aliphatic carbocycles. The van der Waals surface area contributed by atoms with Crippen LogP contribution in [0.15, 0.2) is 41.2 Å². The molecule has 1 N–H and O–H groups in total. The van der Waals surface area contributed by atoms with Gasteiger partial charge in [0.15, 0.2) is 5.82 Å². The Morgan fingerprint density at radius 2 is 1.82 bits per heavy atom. The molecule has 2 heterocycles. The first kappa shape index (κ1) is 18.5. The van der Waals surface area contributed by atoms with Crippen molar-refractivity contribution in [2.75, 3.05) is 5.32 Å². The third-order valence-corrected chi connectivity index (χ3v) is 5.16. The Kier molecular flexibility index (Phi) is 5.02. The van der Waals surface area contributed by atoms with Crippen molar-refractivity contribution in [1.82, 2.24) is 19.7 Å². The van der Waals surface area contributed by atoms with E-state index in [2.05, 4.69) is 20.4 Å². The highest BCUT2D eigenvalue weighted by atomic mass is 19.3. The van der Waals surface area contributed by atoms with Crippen LogP contribution in [0.3, 0.4) is 0 Å². The van der Waals surface area contributed by atoms with E-state index in [1.165, 1.54) is 0 Å². The lowest BCUT2D eigenvalue weighted by Crippen LogP contribution is -2.33. The van der Waals surface area contributed by atoms with Gasteiger partial charge < -0.3 is 5.32 Å². The van der Waals surface area contributed by atoms with Crippen LogP contribution in [-0.4, -0.2) is 25.8 Å². The van der Waals surface area contributed by atoms with E-state index in [0.29, 0.717) is 11.3 Å². The molecule has 28 heavy (non-hydrogen) atoms. The van der Waals surface area contributed by atoms with Crippen LogP contribution in [0.25, 0.3) is 10.9 Å². The number of fused-ring (bicyclic) bond motifs is 1.